The molecular weight excluding hydrogens is 308 g/mol. The summed E-state index contributed by atoms with van der Waals surface area (Å²) < 4.78 is 0. The fraction of sp³-hybridized carbons (Fsp3) is 0.556. The lowest BCUT2D eigenvalue weighted by atomic mass is 9.98. The van der Waals surface area contributed by atoms with E-state index in [0.717, 1.165) is 46.8 Å². The third kappa shape index (κ3) is 4.17. The normalized spacial score (nSPS) is 19.2. The molecule has 0 atom stereocenters. The molecule has 0 N–H and O–H groups in total. The Labute approximate surface area is 144 Å². The van der Waals surface area contributed by atoms with E-state index in [1.807, 2.05) is 12.1 Å². The minimum absolute atomic E-state index is 0.908. The molecule has 0 bridgehead atoms. The van der Waals surface area contributed by atoms with Crippen LogP contribution >= 0.6 is 25.3 Å². The first kappa shape index (κ1) is 16.1. The van der Waals surface area contributed by atoms with Gasteiger partial charge in [0, 0.05) is 21.2 Å². The van der Waals surface area contributed by atoms with Gasteiger partial charge in [0.05, 0.1) is 11.4 Å². The Morgan fingerprint density at radius 2 is 0.955 bits per heavy atom. The quantitative estimate of drug-likeness (QED) is 0.591. The van der Waals surface area contributed by atoms with E-state index in [-0.39, 0.29) is 0 Å². The van der Waals surface area contributed by atoms with E-state index in [2.05, 4.69) is 25.3 Å². The summed E-state index contributed by atoms with van der Waals surface area (Å²) in [5.41, 5.74) is 4.50. The maximum absolute atomic E-state index is 4.81. The molecule has 0 saturated heterocycles. The van der Waals surface area contributed by atoms with Gasteiger partial charge >= 0.3 is 0 Å². The fourth-order valence-electron chi connectivity index (χ4n) is 3.22. The van der Waals surface area contributed by atoms with Gasteiger partial charge in [-0.1, -0.05) is 12.8 Å². The zero-order chi connectivity index (χ0) is 15.4. The lowest BCUT2D eigenvalue weighted by molar-refractivity contribution is 0.666. The van der Waals surface area contributed by atoms with Gasteiger partial charge in [-0.2, -0.15) is 0 Å². The molecule has 1 aromatic rings. The van der Waals surface area contributed by atoms with Crippen molar-refractivity contribution in [3.63, 3.8) is 0 Å². The smallest absolute Gasteiger partial charge is 0.0774 e. The summed E-state index contributed by atoms with van der Waals surface area (Å²) in [4.78, 5) is 11.4. The SMILES string of the molecule is Sc1cc(N=C2CCCCC2)c(S)cc1N=C1CCCCC1. The van der Waals surface area contributed by atoms with Gasteiger partial charge in [-0.15, -0.1) is 25.3 Å². The van der Waals surface area contributed by atoms with Crippen LogP contribution in [0.15, 0.2) is 31.9 Å². The molecule has 2 fully saturated rings. The van der Waals surface area contributed by atoms with Crippen molar-refractivity contribution in [3.05, 3.63) is 12.1 Å². The summed E-state index contributed by atoms with van der Waals surface area (Å²) in [5, 5.41) is 0. The highest BCUT2D eigenvalue weighted by Crippen LogP contribution is 2.35. The van der Waals surface area contributed by atoms with Crippen LogP contribution in [0.1, 0.15) is 64.2 Å². The van der Waals surface area contributed by atoms with Crippen LogP contribution in [0, 0.1) is 0 Å². The average molecular weight is 333 g/mol. The molecule has 1 aromatic carbocycles. The highest BCUT2D eigenvalue weighted by molar-refractivity contribution is 7.81. The van der Waals surface area contributed by atoms with Gasteiger partial charge in [-0.3, -0.25) is 9.98 Å². The Kier molecular flexibility index (Phi) is 5.64. The lowest BCUT2D eigenvalue weighted by Crippen LogP contribution is -2.04. The number of rotatable bonds is 2. The van der Waals surface area contributed by atoms with Crippen molar-refractivity contribution in [1.82, 2.24) is 0 Å². The molecule has 2 saturated carbocycles. The zero-order valence-electron chi connectivity index (χ0n) is 13.0. The van der Waals surface area contributed by atoms with Crippen LogP contribution < -0.4 is 0 Å². The summed E-state index contributed by atoms with van der Waals surface area (Å²) in [5.74, 6) is 0. The van der Waals surface area contributed by atoms with Crippen LogP contribution in [0.4, 0.5) is 11.4 Å². The molecule has 0 heterocycles. The van der Waals surface area contributed by atoms with Gasteiger partial charge in [0.25, 0.3) is 0 Å². The van der Waals surface area contributed by atoms with Crippen LogP contribution in [-0.4, -0.2) is 11.4 Å². The van der Waals surface area contributed by atoms with E-state index in [1.54, 1.807) is 0 Å². The highest BCUT2D eigenvalue weighted by Gasteiger charge is 2.11. The van der Waals surface area contributed by atoms with Crippen LogP contribution in [-0.2, 0) is 0 Å². The van der Waals surface area contributed by atoms with Crippen molar-refractivity contribution in [2.45, 2.75) is 74.0 Å². The minimum atomic E-state index is 0.908. The number of nitrogens with zero attached hydrogens (tertiary/aromatic N) is 2. The summed E-state index contributed by atoms with van der Waals surface area (Å²) in [6.45, 7) is 0. The molecule has 0 aliphatic heterocycles. The molecular formula is C18H24N2S2. The van der Waals surface area contributed by atoms with Gasteiger partial charge in [0.1, 0.15) is 0 Å². The van der Waals surface area contributed by atoms with E-state index in [0.29, 0.717) is 0 Å². The van der Waals surface area contributed by atoms with Crippen LogP contribution in [0.2, 0.25) is 0 Å². The molecule has 0 spiro atoms. The molecule has 0 unspecified atom stereocenters. The number of hydrogen-bond donors (Lipinski definition) is 2. The second-order valence-corrected chi connectivity index (χ2v) is 7.27. The molecule has 0 amide bonds. The lowest BCUT2D eigenvalue weighted by Gasteiger charge is -2.15. The predicted octanol–water partition coefficient (Wildman–Crippen LogP) is 6.34. The second kappa shape index (κ2) is 7.69. The van der Waals surface area contributed by atoms with Gasteiger partial charge in [0.2, 0.25) is 0 Å². The summed E-state index contributed by atoms with van der Waals surface area (Å²) in [6, 6.07) is 4.05. The Bertz CT molecular complexity index is 536. The molecule has 3 rings (SSSR count). The number of hydrogen-bond acceptors (Lipinski definition) is 4. The first-order valence-electron chi connectivity index (χ1n) is 8.41. The monoisotopic (exact) mass is 332 g/mol. The molecule has 4 heteroatoms. The number of thiol groups is 2. The third-order valence-corrected chi connectivity index (χ3v) is 5.21. The predicted molar refractivity (Wildman–Crippen MR) is 101 cm³/mol. The molecule has 2 nitrogen and oxygen atoms in total. The van der Waals surface area contributed by atoms with E-state index >= 15 is 0 Å². The molecule has 22 heavy (non-hydrogen) atoms. The number of aliphatic imine (C=N–C) groups is 2. The van der Waals surface area contributed by atoms with E-state index in [9.17, 15) is 0 Å². The third-order valence-electron chi connectivity index (χ3n) is 4.49. The molecule has 2 aliphatic carbocycles. The van der Waals surface area contributed by atoms with E-state index in [1.165, 1.54) is 49.9 Å². The van der Waals surface area contributed by atoms with Gasteiger partial charge in [0.15, 0.2) is 0 Å². The minimum Gasteiger partial charge on any atom is -0.257 e. The Morgan fingerprint density at radius 1 is 0.591 bits per heavy atom. The largest absolute Gasteiger partial charge is 0.257 e. The van der Waals surface area contributed by atoms with Crippen molar-refractivity contribution in [1.29, 1.82) is 0 Å². The van der Waals surface area contributed by atoms with Crippen molar-refractivity contribution in [3.8, 4) is 0 Å². The van der Waals surface area contributed by atoms with Crippen molar-refractivity contribution in [2.75, 3.05) is 0 Å². The van der Waals surface area contributed by atoms with Crippen LogP contribution in [0.3, 0.4) is 0 Å². The van der Waals surface area contributed by atoms with Crippen molar-refractivity contribution < 1.29 is 0 Å². The molecule has 118 valence electrons. The maximum atomic E-state index is 4.81. The van der Waals surface area contributed by atoms with Gasteiger partial charge in [-0.25, -0.2) is 0 Å². The highest BCUT2D eigenvalue weighted by atomic mass is 32.1. The van der Waals surface area contributed by atoms with Crippen LogP contribution in [0.25, 0.3) is 0 Å². The topological polar surface area (TPSA) is 24.7 Å². The Morgan fingerprint density at radius 3 is 1.32 bits per heavy atom. The summed E-state index contributed by atoms with van der Waals surface area (Å²) >= 11 is 9.24. The molecule has 0 aromatic heterocycles. The summed E-state index contributed by atoms with van der Waals surface area (Å²) in [6.07, 6.45) is 12.2. The van der Waals surface area contributed by atoms with Gasteiger partial charge < -0.3 is 0 Å². The van der Waals surface area contributed by atoms with Crippen LogP contribution in [0.5, 0.6) is 0 Å². The molecule has 2 aliphatic rings. The Hall–Kier alpha value is -0.740. The Balaban J connectivity index is 1.84. The zero-order valence-corrected chi connectivity index (χ0v) is 14.8. The second-order valence-electron chi connectivity index (χ2n) is 6.31. The first-order chi connectivity index (χ1) is 10.7. The van der Waals surface area contributed by atoms with E-state index < -0.39 is 0 Å². The van der Waals surface area contributed by atoms with Gasteiger partial charge in [-0.05, 0) is 63.5 Å². The first-order valence-corrected chi connectivity index (χ1v) is 9.30. The van der Waals surface area contributed by atoms with Crippen molar-refractivity contribution in [2.24, 2.45) is 9.98 Å². The standard InChI is InChI=1S/C18H24N2S2/c21-17-12-16(20-14-9-5-2-6-10-14)18(22)11-15(17)19-13-7-3-1-4-8-13/h11-12,21-22H,1-10H2. The fourth-order valence-corrected chi connectivity index (χ4v) is 3.69. The maximum Gasteiger partial charge on any atom is 0.0774 e. The summed E-state index contributed by atoms with van der Waals surface area (Å²) in [7, 11) is 0. The van der Waals surface area contributed by atoms with E-state index in [4.69, 9.17) is 9.98 Å². The molecule has 0 radical (unpaired) electrons. The number of benzene rings is 1. The average Bonchev–Trinajstić information content (AvgIpc) is 2.54. The van der Waals surface area contributed by atoms with Crippen molar-refractivity contribution >= 4 is 48.1 Å².